The van der Waals surface area contributed by atoms with Crippen LogP contribution in [-0.4, -0.2) is 12.1 Å². The van der Waals surface area contributed by atoms with Crippen molar-refractivity contribution in [1.29, 1.82) is 0 Å². The molecule has 0 amide bonds. The predicted octanol–water partition coefficient (Wildman–Crippen LogP) is 2.29. The minimum Gasteiger partial charge on any atom is -0.459 e. The summed E-state index contributed by atoms with van der Waals surface area (Å²) in [5.41, 5.74) is 1.25. The summed E-state index contributed by atoms with van der Waals surface area (Å²) in [6.07, 6.45) is 2.87. The van der Waals surface area contributed by atoms with Crippen LogP contribution in [0.15, 0.2) is 11.6 Å². The fourth-order valence-corrected chi connectivity index (χ4v) is 0.814. The number of hydrogen-bond donors (Lipinski definition) is 0. The van der Waals surface area contributed by atoms with E-state index in [1.165, 1.54) is 12.5 Å². The topological polar surface area (TPSA) is 26.3 Å². The quantitative estimate of drug-likeness (QED) is 0.463. The van der Waals surface area contributed by atoms with E-state index >= 15 is 0 Å². The van der Waals surface area contributed by atoms with Crippen LogP contribution >= 0.6 is 0 Å². The highest BCUT2D eigenvalue weighted by Gasteiger charge is 2.00. The van der Waals surface area contributed by atoms with Crippen molar-refractivity contribution in [2.24, 2.45) is 0 Å². The normalized spacial score (nSPS) is 14.4. The van der Waals surface area contributed by atoms with Gasteiger partial charge in [-0.05, 0) is 26.3 Å². The van der Waals surface area contributed by atoms with Gasteiger partial charge in [0.2, 0.25) is 0 Å². The summed E-state index contributed by atoms with van der Waals surface area (Å²) in [7, 11) is 0. The molecule has 11 heavy (non-hydrogen) atoms. The van der Waals surface area contributed by atoms with Gasteiger partial charge in [-0.1, -0.05) is 12.5 Å². The van der Waals surface area contributed by atoms with Crippen LogP contribution < -0.4 is 0 Å². The van der Waals surface area contributed by atoms with Crippen molar-refractivity contribution in [3.63, 3.8) is 0 Å². The van der Waals surface area contributed by atoms with Gasteiger partial charge < -0.3 is 4.74 Å². The minimum atomic E-state index is -0.224. The van der Waals surface area contributed by atoms with Crippen molar-refractivity contribution in [3.8, 4) is 0 Å². The number of ether oxygens (including phenoxy) is 1. The molecular formula is C9H16O2. The summed E-state index contributed by atoms with van der Waals surface area (Å²) in [5, 5.41) is 0. The maximum Gasteiger partial charge on any atom is 0.303 e. The molecule has 0 rings (SSSR count). The molecule has 0 N–H and O–H groups in total. The first-order chi connectivity index (χ1) is 5.06. The van der Waals surface area contributed by atoms with E-state index in [9.17, 15) is 4.79 Å². The zero-order valence-electron chi connectivity index (χ0n) is 7.68. The average Bonchev–Trinajstić information content (AvgIpc) is 1.85. The van der Waals surface area contributed by atoms with Crippen LogP contribution in [0.1, 0.15) is 34.1 Å². The lowest BCUT2D eigenvalue weighted by Crippen LogP contribution is -2.09. The predicted molar refractivity (Wildman–Crippen MR) is 45.3 cm³/mol. The van der Waals surface area contributed by atoms with Gasteiger partial charge in [-0.15, -0.1) is 0 Å². The Hall–Kier alpha value is -0.790. The fourth-order valence-electron chi connectivity index (χ4n) is 0.814. The van der Waals surface area contributed by atoms with E-state index < -0.39 is 0 Å². The number of allylic oxidation sites excluding steroid dienone is 1. The summed E-state index contributed by atoms with van der Waals surface area (Å²) in [5.74, 6) is -0.224. The van der Waals surface area contributed by atoms with E-state index in [1.54, 1.807) is 0 Å². The second kappa shape index (κ2) is 4.94. The Morgan fingerprint density at radius 2 is 2.09 bits per heavy atom. The summed E-state index contributed by atoms with van der Waals surface area (Å²) in [6.45, 7) is 7.39. The van der Waals surface area contributed by atoms with Gasteiger partial charge in [0.15, 0.2) is 0 Å². The molecule has 0 aliphatic rings. The molecule has 0 spiro atoms. The van der Waals surface area contributed by atoms with Crippen LogP contribution in [0.2, 0.25) is 0 Å². The van der Waals surface area contributed by atoms with Crippen LogP contribution in [0, 0.1) is 0 Å². The van der Waals surface area contributed by atoms with Gasteiger partial charge in [-0.25, -0.2) is 0 Å². The molecule has 2 heteroatoms. The van der Waals surface area contributed by atoms with Gasteiger partial charge in [0.25, 0.3) is 0 Å². The number of esters is 1. The molecule has 0 fully saturated rings. The number of rotatable bonds is 3. The minimum absolute atomic E-state index is 0.0903. The lowest BCUT2D eigenvalue weighted by Gasteiger charge is -2.07. The highest BCUT2D eigenvalue weighted by Crippen LogP contribution is 2.02. The first kappa shape index (κ1) is 10.2. The van der Waals surface area contributed by atoms with Gasteiger partial charge in [0.05, 0.1) is 0 Å². The third-order valence-corrected chi connectivity index (χ3v) is 1.43. The van der Waals surface area contributed by atoms with E-state index in [1.807, 2.05) is 19.9 Å². The highest BCUT2D eigenvalue weighted by atomic mass is 16.5. The molecule has 0 saturated heterocycles. The maximum absolute atomic E-state index is 10.5. The van der Waals surface area contributed by atoms with Crippen LogP contribution in [0.25, 0.3) is 0 Å². The Morgan fingerprint density at radius 3 is 2.45 bits per heavy atom. The molecular weight excluding hydrogens is 140 g/mol. The van der Waals surface area contributed by atoms with Crippen molar-refractivity contribution in [3.05, 3.63) is 11.6 Å². The van der Waals surface area contributed by atoms with Crippen LogP contribution in [0.5, 0.6) is 0 Å². The van der Waals surface area contributed by atoms with Gasteiger partial charge in [0.1, 0.15) is 6.10 Å². The molecule has 0 bridgehead atoms. The van der Waals surface area contributed by atoms with Crippen molar-refractivity contribution in [2.45, 2.75) is 40.2 Å². The van der Waals surface area contributed by atoms with E-state index in [-0.39, 0.29) is 12.1 Å². The molecule has 2 nitrogen and oxygen atoms in total. The van der Waals surface area contributed by atoms with E-state index in [4.69, 9.17) is 4.74 Å². The molecule has 1 atom stereocenters. The number of hydrogen-bond acceptors (Lipinski definition) is 2. The molecule has 0 heterocycles. The first-order valence-corrected chi connectivity index (χ1v) is 3.90. The molecule has 0 aromatic carbocycles. The average molecular weight is 156 g/mol. The lowest BCUT2D eigenvalue weighted by molar-refractivity contribution is -0.143. The Morgan fingerprint density at radius 1 is 1.55 bits per heavy atom. The molecule has 0 aliphatic carbocycles. The molecule has 0 aliphatic heterocycles. The van der Waals surface area contributed by atoms with Crippen LogP contribution in [0.4, 0.5) is 0 Å². The zero-order valence-corrected chi connectivity index (χ0v) is 7.68. The third kappa shape index (κ3) is 5.64. The van der Waals surface area contributed by atoms with Crippen LogP contribution in [0.3, 0.4) is 0 Å². The molecule has 0 aromatic heterocycles. The zero-order chi connectivity index (χ0) is 8.85. The Labute approximate surface area is 68.2 Å². The molecule has 0 aromatic rings. The fraction of sp³-hybridized carbons (Fsp3) is 0.667. The van der Waals surface area contributed by atoms with E-state index in [2.05, 4.69) is 6.92 Å². The summed E-state index contributed by atoms with van der Waals surface area (Å²) in [4.78, 5) is 10.5. The maximum atomic E-state index is 10.5. The molecule has 0 radical (unpaired) electrons. The molecule has 0 saturated carbocycles. The monoisotopic (exact) mass is 156 g/mol. The Kier molecular flexibility index (Phi) is 4.59. The summed E-state index contributed by atoms with van der Waals surface area (Å²) >= 11 is 0. The lowest BCUT2D eigenvalue weighted by atomic mass is 10.2. The van der Waals surface area contributed by atoms with Gasteiger partial charge in [0, 0.05) is 6.92 Å². The Bertz CT molecular complexity index is 159. The van der Waals surface area contributed by atoms with Gasteiger partial charge >= 0.3 is 5.97 Å². The summed E-state index contributed by atoms with van der Waals surface area (Å²) < 4.78 is 4.91. The molecule has 1 unspecified atom stereocenters. The highest BCUT2D eigenvalue weighted by molar-refractivity contribution is 5.66. The smallest absolute Gasteiger partial charge is 0.303 e. The second-order valence-corrected chi connectivity index (χ2v) is 2.68. The molecule has 64 valence electrons. The van der Waals surface area contributed by atoms with Gasteiger partial charge in [-0.2, -0.15) is 0 Å². The third-order valence-electron chi connectivity index (χ3n) is 1.43. The van der Waals surface area contributed by atoms with Gasteiger partial charge in [-0.3, -0.25) is 4.79 Å². The first-order valence-electron chi connectivity index (χ1n) is 3.90. The van der Waals surface area contributed by atoms with Crippen LogP contribution in [-0.2, 0) is 9.53 Å². The standard InChI is InChI=1S/C9H16O2/c1-5-7(2)6-8(3)11-9(4)10/h6,8H,5H2,1-4H3. The second-order valence-electron chi connectivity index (χ2n) is 2.68. The summed E-state index contributed by atoms with van der Waals surface area (Å²) in [6, 6.07) is 0. The largest absolute Gasteiger partial charge is 0.459 e. The van der Waals surface area contributed by atoms with Crippen molar-refractivity contribution < 1.29 is 9.53 Å². The van der Waals surface area contributed by atoms with E-state index in [0.717, 1.165) is 6.42 Å². The van der Waals surface area contributed by atoms with Crippen molar-refractivity contribution >= 4 is 5.97 Å². The number of carbonyl (C=O) groups is 1. The Balaban J connectivity index is 3.85. The number of carbonyl (C=O) groups excluding carboxylic acids is 1. The van der Waals surface area contributed by atoms with Crippen molar-refractivity contribution in [2.75, 3.05) is 0 Å². The SMILES string of the molecule is CCC(C)=CC(C)OC(C)=O. The van der Waals surface area contributed by atoms with Crippen molar-refractivity contribution in [1.82, 2.24) is 0 Å². The van der Waals surface area contributed by atoms with E-state index in [0.29, 0.717) is 0 Å².